The number of hydrogen-bond acceptors (Lipinski definition) is 1. The van der Waals surface area contributed by atoms with Crippen molar-refractivity contribution in [3.63, 3.8) is 0 Å². The van der Waals surface area contributed by atoms with E-state index in [0.29, 0.717) is 0 Å². The van der Waals surface area contributed by atoms with Gasteiger partial charge in [0.2, 0.25) is 0 Å². The van der Waals surface area contributed by atoms with E-state index in [0.717, 1.165) is 0 Å². The third-order valence-electron chi connectivity index (χ3n) is 2.88. The molecule has 0 unspecified atom stereocenters. The van der Waals surface area contributed by atoms with Gasteiger partial charge in [-0.15, -0.1) is 0 Å². The fourth-order valence-corrected chi connectivity index (χ4v) is 2.01. The molecule has 0 amide bonds. The van der Waals surface area contributed by atoms with Crippen LogP contribution >= 0.6 is 0 Å². The van der Waals surface area contributed by atoms with E-state index in [-0.39, 0.29) is 11.1 Å². The van der Waals surface area contributed by atoms with Gasteiger partial charge >= 0.3 is 69.2 Å². The molecule has 0 spiro atoms. The third kappa shape index (κ3) is 13.0. The van der Waals surface area contributed by atoms with E-state index in [1.165, 1.54) is 19.3 Å². The Hall–Kier alpha value is 1.62. The Morgan fingerprint density at radius 1 is 0.737 bits per heavy atom. The van der Waals surface area contributed by atoms with Crippen LogP contribution in [-0.2, 0) is 0 Å². The zero-order valence-electron chi connectivity index (χ0n) is 15.1. The third-order valence-corrected chi connectivity index (χ3v) is 2.88. The topological polar surface area (TPSA) is 3.24 Å². The predicted molar refractivity (Wildman–Crippen MR) is 96.3 cm³/mol. The van der Waals surface area contributed by atoms with Gasteiger partial charge in [0, 0.05) is 11.1 Å². The Bertz CT molecular complexity index is 201. The van der Waals surface area contributed by atoms with Crippen LogP contribution in [0.5, 0.6) is 0 Å². The summed E-state index contributed by atoms with van der Waals surface area (Å²) in [7, 11) is 6.02. The number of rotatable bonds is 0. The quantitative estimate of drug-likeness (QED) is 0.450. The summed E-state index contributed by atoms with van der Waals surface area (Å²) in [4.78, 5) is 16.2. The van der Waals surface area contributed by atoms with Gasteiger partial charge in [-0.3, -0.25) is 0 Å². The molecule has 0 aromatic heterocycles. The minimum atomic E-state index is -0.543. The fraction of sp³-hybridized carbons (Fsp3) is 1.00. The Morgan fingerprint density at radius 3 is 1.11 bits per heavy atom. The molecule has 4 heteroatoms. The van der Waals surface area contributed by atoms with Crippen LogP contribution in [0.15, 0.2) is 0 Å². The zero-order chi connectivity index (χ0) is 15.9. The number of nitrogens with zero attached hydrogens (tertiary/aromatic N) is 1. The zero-order valence-corrected chi connectivity index (χ0v) is 20.9. The molecule has 0 saturated carbocycles. The summed E-state index contributed by atoms with van der Waals surface area (Å²) >= 11 is -1.09. The van der Waals surface area contributed by atoms with Crippen LogP contribution < -0.4 is 0 Å². The van der Waals surface area contributed by atoms with Crippen molar-refractivity contribution in [3.05, 3.63) is 0 Å². The van der Waals surface area contributed by atoms with Crippen LogP contribution in [0, 0.1) is 0 Å². The molecule has 0 bridgehead atoms. The van der Waals surface area contributed by atoms with Crippen molar-refractivity contribution in [2.75, 3.05) is 0 Å². The van der Waals surface area contributed by atoms with E-state index < -0.39 is 39.5 Å². The van der Waals surface area contributed by atoms with Gasteiger partial charge in [0.15, 0.2) is 7.98 Å². The first-order valence-electron chi connectivity index (χ1n) is 7.41. The summed E-state index contributed by atoms with van der Waals surface area (Å²) in [5, 5.41) is 0. The molecule has 1 saturated heterocycles. The van der Waals surface area contributed by atoms with Crippen LogP contribution in [0.1, 0.15) is 47.0 Å². The molecule has 1 heterocycles. The Balaban J connectivity index is 0. The molecule has 1 fully saturated rings. The maximum atomic E-state index is 6.02. The van der Waals surface area contributed by atoms with Crippen molar-refractivity contribution in [3.8, 4) is 0 Å². The first kappa shape index (κ1) is 22.9. The second kappa shape index (κ2) is 10.4. The van der Waals surface area contributed by atoms with Gasteiger partial charge in [0.1, 0.15) is 0 Å². The van der Waals surface area contributed by atoms with E-state index in [1.807, 2.05) is 4.81 Å². The molecule has 19 heavy (non-hydrogen) atoms. The minimum absolute atomic E-state index is 0.182. The Morgan fingerprint density at radius 2 is 0.947 bits per heavy atom. The van der Waals surface area contributed by atoms with Gasteiger partial charge in [0.25, 0.3) is 0 Å². The molecule has 1 nitrogen and oxygen atoms in total. The monoisotopic (exact) mass is 481 g/mol. The molecule has 0 N–H and O–H groups in total. The fourth-order valence-electron chi connectivity index (χ4n) is 2.01. The van der Waals surface area contributed by atoms with Gasteiger partial charge in [0.05, 0.1) is 0 Å². The molecular formula is C15H36BNSn2. The van der Waals surface area contributed by atoms with Gasteiger partial charge in [-0.1, -0.05) is 0 Å². The summed E-state index contributed by atoms with van der Waals surface area (Å²) in [5.74, 6) is 0. The standard InChI is InChI=1S/C9H18BN.6CH3.2Sn/c1-8(2)6-5-7-9(3,4)11(8)10;;;;;;;;/h5-7H2,1-4H3;6*1H3;;. The average Bonchev–Trinajstić information content (AvgIpc) is 2.11. The van der Waals surface area contributed by atoms with Crippen LogP contribution in [0.25, 0.3) is 0 Å². The second-order valence-electron chi connectivity index (χ2n) is 7.85. The Kier molecular flexibility index (Phi) is 12.5. The van der Waals surface area contributed by atoms with Crippen molar-refractivity contribution in [2.24, 2.45) is 0 Å². The van der Waals surface area contributed by atoms with E-state index in [1.54, 1.807) is 0 Å². The summed E-state index contributed by atoms with van der Waals surface area (Å²) in [6, 6.07) is 0. The van der Waals surface area contributed by atoms with E-state index in [9.17, 15) is 0 Å². The summed E-state index contributed by atoms with van der Waals surface area (Å²) in [6.45, 7) is 8.86. The summed E-state index contributed by atoms with van der Waals surface area (Å²) in [6.07, 6.45) is 3.73. The van der Waals surface area contributed by atoms with E-state index >= 15 is 0 Å². The van der Waals surface area contributed by atoms with E-state index in [2.05, 4.69) is 57.3 Å². The first-order valence-corrected chi connectivity index (χ1v) is 24.5. The Labute approximate surface area is 139 Å². The maximum absolute atomic E-state index is 6.02. The van der Waals surface area contributed by atoms with Crippen molar-refractivity contribution in [1.82, 2.24) is 4.81 Å². The normalized spacial score (nSPS) is 21.3. The van der Waals surface area contributed by atoms with Gasteiger partial charge in [-0.25, -0.2) is 0 Å². The van der Waals surface area contributed by atoms with E-state index in [4.69, 9.17) is 7.98 Å². The van der Waals surface area contributed by atoms with Gasteiger partial charge < -0.3 is 4.81 Å². The molecule has 0 aliphatic carbocycles. The van der Waals surface area contributed by atoms with Crippen LogP contribution in [-0.4, -0.2) is 63.4 Å². The number of piperidine rings is 1. The van der Waals surface area contributed by atoms with Crippen molar-refractivity contribution in [2.45, 2.75) is 87.7 Å². The van der Waals surface area contributed by atoms with Gasteiger partial charge in [-0.2, -0.15) is 0 Å². The van der Waals surface area contributed by atoms with Crippen LogP contribution in [0.3, 0.4) is 0 Å². The first-order chi connectivity index (χ1) is 8.33. The summed E-state index contributed by atoms with van der Waals surface area (Å²) < 4.78 is 0. The SMILES string of the molecule is [B]N1C(C)(C)CCCC1(C)C.[CH3][Sn]([CH3])[CH3].[CH3][Sn]([CH3])[CH3]. The van der Waals surface area contributed by atoms with Crippen molar-refractivity contribution in [1.29, 1.82) is 0 Å². The number of hydrogen-bond donors (Lipinski definition) is 0. The average molecular weight is 479 g/mol. The molecule has 1 rings (SSSR count). The molecule has 0 aromatic rings. The molecule has 4 radical (unpaired) electrons. The molecule has 1 aliphatic heterocycles. The molecule has 1 aliphatic rings. The van der Waals surface area contributed by atoms with Crippen molar-refractivity contribution >= 4 is 47.5 Å². The van der Waals surface area contributed by atoms with Crippen LogP contribution in [0.4, 0.5) is 0 Å². The molecule has 0 aromatic carbocycles. The predicted octanol–water partition coefficient (Wildman–Crippen LogP) is 4.85. The molecular weight excluding hydrogens is 442 g/mol. The summed E-state index contributed by atoms with van der Waals surface area (Å²) in [5.41, 5.74) is 0.365. The van der Waals surface area contributed by atoms with Crippen LogP contribution in [0.2, 0.25) is 29.6 Å². The molecule has 112 valence electrons. The van der Waals surface area contributed by atoms with Crippen molar-refractivity contribution < 1.29 is 0 Å². The van der Waals surface area contributed by atoms with Gasteiger partial charge in [-0.05, 0) is 47.0 Å². The second-order valence-corrected chi connectivity index (χ2v) is 25.0. The molecule has 0 atom stereocenters.